The van der Waals surface area contributed by atoms with Crippen LogP contribution in [0.2, 0.25) is 65.0 Å². The molecule has 0 saturated carbocycles. The lowest BCUT2D eigenvalue weighted by Crippen LogP contribution is -2.56. The van der Waals surface area contributed by atoms with Crippen molar-refractivity contribution in [1.29, 1.82) is 0 Å². The zero-order chi connectivity index (χ0) is 21.9. The number of aliphatic hydroxyl groups excluding tert-OH is 1. The number of aliphatic hydroxyl groups is 1. The topological polar surface area (TPSA) is 47.9 Å². The summed E-state index contributed by atoms with van der Waals surface area (Å²) < 4.78 is 19.9. The zero-order valence-corrected chi connectivity index (χ0v) is 24.5. The molecule has 1 atom stereocenters. The van der Waals surface area contributed by atoms with E-state index in [-0.39, 0.29) is 0 Å². The van der Waals surface area contributed by atoms with E-state index in [1.807, 2.05) is 0 Å². The summed E-state index contributed by atoms with van der Waals surface area (Å²) in [5, 5.41) is 8.81. The Morgan fingerprint density at radius 2 is 0.893 bits per heavy atom. The second-order valence-corrected chi connectivity index (χ2v) is 27.2. The first-order valence-corrected chi connectivity index (χ1v) is 23.6. The molecular formula is C20H50O4Si4. The smallest absolute Gasteiger partial charge is 0.315 e. The van der Waals surface area contributed by atoms with E-state index in [4.69, 9.17) is 17.5 Å². The van der Waals surface area contributed by atoms with Crippen LogP contribution in [0.25, 0.3) is 0 Å². The molecule has 0 saturated heterocycles. The maximum absolute atomic E-state index is 8.81. The van der Waals surface area contributed by atoms with Gasteiger partial charge in [-0.3, -0.25) is 0 Å². The van der Waals surface area contributed by atoms with Gasteiger partial charge in [-0.05, 0) is 71.4 Å². The van der Waals surface area contributed by atoms with Gasteiger partial charge < -0.3 is 17.5 Å². The second kappa shape index (κ2) is 13.2. The predicted molar refractivity (Wildman–Crippen MR) is 132 cm³/mol. The van der Waals surface area contributed by atoms with Crippen molar-refractivity contribution in [2.24, 2.45) is 0 Å². The highest BCUT2D eigenvalue weighted by Gasteiger charge is 2.43. The Balaban J connectivity index is 4.42. The fourth-order valence-corrected chi connectivity index (χ4v) is 21.9. The number of unbranched alkanes of at least 4 members (excludes halogenated alkanes) is 8. The van der Waals surface area contributed by atoms with E-state index < -0.39 is 33.8 Å². The highest BCUT2D eigenvalue weighted by atomic mass is 28.5. The molecule has 0 aliphatic heterocycles. The third-order valence-corrected chi connectivity index (χ3v) is 17.9. The van der Waals surface area contributed by atoms with Crippen molar-refractivity contribution in [3.05, 3.63) is 0 Å². The third kappa shape index (κ3) is 17.6. The minimum Gasteiger partial charge on any atom is -0.437 e. The Morgan fingerprint density at radius 3 is 1.29 bits per heavy atom. The van der Waals surface area contributed by atoms with Crippen LogP contribution in [0, 0.1) is 0 Å². The van der Waals surface area contributed by atoms with Gasteiger partial charge in [0, 0.05) is 6.61 Å². The first kappa shape index (κ1) is 28.7. The SMILES string of the molecule is C[Si](C)(C)O[Si](C)(C)O[Si](C)(CCCCCCCCCCCO)O[Si](C)(C)C. The van der Waals surface area contributed by atoms with Crippen molar-refractivity contribution < 1.29 is 17.5 Å². The molecule has 8 heteroatoms. The summed E-state index contributed by atoms with van der Waals surface area (Å²) in [6.07, 6.45) is 11.1. The molecule has 0 rings (SSSR count). The summed E-state index contributed by atoms with van der Waals surface area (Å²) >= 11 is 0. The maximum Gasteiger partial charge on any atom is 0.315 e. The van der Waals surface area contributed by atoms with Crippen LogP contribution in [0.15, 0.2) is 0 Å². The van der Waals surface area contributed by atoms with Crippen LogP contribution in [0.3, 0.4) is 0 Å². The van der Waals surface area contributed by atoms with Crippen molar-refractivity contribution >= 4 is 33.8 Å². The molecule has 28 heavy (non-hydrogen) atoms. The first-order valence-electron chi connectivity index (χ1n) is 11.4. The van der Waals surface area contributed by atoms with E-state index in [0.717, 1.165) is 12.5 Å². The summed E-state index contributed by atoms with van der Waals surface area (Å²) in [6, 6.07) is 1.08. The van der Waals surface area contributed by atoms with Gasteiger partial charge in [0.05, 0.1) is 0 Å². The molecule has 0 aliphatic carbocycles. The van der Waals surface area contributed by atoms with Crippen LogP contribution in [0.4, 0.5) is 0 Å². The van der Waals surface area contributed by atoms with Crippen LogP contribution >= 0.6 is 0 Å². The molecule has 170 valence electrons. The van der Waals surface area contributed by atoms with Crippen LogP contribution in [0.1, 0.15) is 57.8 Å². The number of hydrogen-bond acceptors (Lipinski definition) is 4. The van der Waals surface area contributed by atoms with Gasteiger partial charge in [-0.1, -0.05) is 51.4 Å². The molecule has 0 spiro atoms. The molecule has 1 unspecified atom stereocenters. The molecular weight excluding hydrogens is 417 g/mol. The molecule has 0 radical (unpaired) electrons. The molecule has 0 amide bonds. The highest BCUT2D eigenvalue weighted by molar-refractivity contribution is 6.89. The second-order valence-electron chi connectivity index (χ2n) is 10.7. The van der Waals surface area contributed by atoms with Gasteiger partial charge >= 0.3 is 17.1 Å². The summed E-state index contributed by atoms with van der Waals surface area (Å²) in [6.45, 7) is 20.5. The lowest BCUT2D eigenvalue weighted by molar-refractivity contribution is 0.282. The van der Waals surface area contributed by atoms with E-state index in [0.29, 0.717) is 6.61 Å². The molecule has 0 aromatic rings. The molecule has 4 nitrogen and oxygen atoms in total. The summed E-state index contributed by atoms with van der Waals surface area (Å²) in [7, 11) is -7.65. The molecule has 1 N–H and O–H groups in total. The van der Waals surface area contributed by atoms with Gasteiger partial charge in [-0.25, -0.2) is 0 Å². The van der Waals surface area contributed by atoms with Crippen LogP contribution in [0.5, 0.6) is 0 Å². The first-order chi connectivity index (χ1) is 12.7. The lowest BCUT2D eigenvalue weighted by Gasteiger charge is -2.41. The highest BCUT2D eigenvalue weighted by Crippen LogP contribution is 2.28. The maximum atomic E-state index is 8.81. The number of hydrogen-bond donors (Lipinski definition) is 1. The third-order valence-electron chi connectivity index (χ3n) is 4.32. The van der Waals surface area contributed by atoms with Gasteiger partial charge in [0.1, 0.15) is 0 Å². The largest absolute Gasteiger partial charge is 0.437 e. The average molecular weight is 467 g/mol. The van der Waals surface area contributed by atoms with Gasteiger partial charge in [0.15, 0.2) is 16.6 Å². The molecule has 0 aliphatic rings. The van der Waals surface area contributed by atoms with Crippen molar-refractivity contribution in [2.45, 2.75) is 123 Å². The Bertz CT molecular complexity index is 408. The van der Waals surface area contributed by atoms with Crippen molar-refractivity contribution in [2.75, 3.05) is 6.61 Å². The van der Waals surface area contributed by atoms with Gasteiger partial charge in [0.2, 0.25) is 0 Å². The zero-order valence-electron chi connectivity index (χ0n) is 20.5. The molecule has 0 aromatic carbocycles. The minimum atomic E-state index is -2.21. The van der Waals surface area contributed by atoms with Gasteiger partial charge in [-0.2, -0.15) is 0 Å². The van der Waals surface area contributed by atoms with E-state index in [1.165, 1.54) is 51.4 Å². The van der Waals surface area contributed by atoms with Crippen molar-refractivity contribution in [1.82, 2.24) is 0 Å². The van der Waals surface area contributed by atoms with Crippen molar-refractivity contribution in [3.63, 3.8) is 0 Å². The van der Waals surface area contributed by atoms with Gasteiger partial charge in [0.25, 0.3) is 0 Å². The fourth-order valence-electron chi connectivity index (χ4n) is 3.84. The summed E-state index contributed by atoms with van der Waals surface area (Å²) in [5.74, 6) is 0. The summed E-state index contributed by atoms with van der Waals surface area (Å²) in [4.78, 5) is 0. The minimum absolute atomic E-state index is 0.340. The van der Waals surface area contributed by atoms with Crippen LogP contribution < -0.4 is 0 Å². The normalized spacial score (nSPS) is 15.6. The fraction of sp³-hybridized carbons (Fsp3) is 1.00. The Labute approximate surface area is 180 Å². The Morgan fingerprint density at radius 1 is 0.500 bits per heavy atom. The Kier molecular flexibility index (Phi) is 13.5. The molecule has 0 bridgehead atoms. The standard InChI is InChI=1S/C20H50O4Si4/c1-25(2,3)22-27(7,8)24-28(9,23-26(4,5)6)20-18-16-14-12-10-11-13-15-17-19-21/h21H,10-20H2,1-9H3. The summed E-state index contributed by atoms with van der Waals surface area (Å²) in [5.41, 5.74) is 0. The monoisotopic (exact) mass is 466 g/mol. The average Bonchev–Trinajstić information content (AvgIpc) is 2.43. The Hall–Kier alpha value is 0.708. The lowest BCUT2D eigenvalue weighted by atomic mass is 10.1. The number of rotatable bonds is 17. The van der Waals surface area contributed by atoms with E-state index in [1.54, 1.807) is 0 Å². The van der Waals surface area contributed by atoms with E-state index >= 15 is 0 Å². The van der Waals surface area contributed by atoms with Crippen molar-refractivity contribution in [3.8, 4) is 0 Å². The van der Waals surface area contributed by atoms with Crippen LogP contribution in [-0.4, -0.2) is 45.5 Å². The van der Waals surface area contributed by atoms with E-state index in [9.17, 15) is 0 Å². The quantitative estimate of drug-likeness (QED) is 0.185. The van der Waals surface area contributed by atoms with Crippen LogP contribution in [-0.2, 0) is 12.3 Å². The van der Waals surface area contributed by atoms with Gasteiger partial charge in [-0.15, -0.1) is 0 Å². The predicted octanol–water partition coefficient (Wildman–Crippen LogP) is 6.98. The van der Waals surface area contributed by atoms with E-state index in [2.05, 4.69) is 58.9 Å². The molecule has 0 heterocycles. The molecule has 0 aromatic heterocycles. The molecule has 0 fully saturated rings.